The normalized spacial score (nSPS) is 16.6. The molecule has 0 spiro atoms. The van der Waals surface area contributed by atoms with Crippen molar-refractivity contribution in [2.24, 2.45) is 5.73 Å². The molecule has 2 amide bonds. The van der Waals surface area contributed by atoms with Crippen LogP contribution in [0.15, 0.2) is 41.8 Å². The number of halogens is 1. The van der Waals surface area contributed by atoms with Gasteiger partial charge in [-0.25, -0.2) is 9.37 Å². The summed E-state index contributed by atoms with van der Waals surface area (Å²) in [6, 6.07) is 2.75. The smallest absolute Gasteiger partial charge is 0.254 e. The summed E-state index contributed by atoms with van der Waals surface area (Å²) < 4.78 is 17.0. The summed E-state index contributed by atoms with van der Waals surface area (Å²) in [6.07, 6.45) is 5.26. The fourth-order valence-corrected chi connectivity index (χ4v) is 2.46. The molecule has 1 unspecified atom stereocenters. The van der Waals surface area contributed by atoms with E-state index in [1.165, 1.54) is 24.1 Å². The van der Waals surface area contributed by atoms with Gasteiger partial charge in [0.1, 0.15) is 11.6 Å². The van der Waals surface area contributed by atoms with Crippen LogP contribution < -0.4 is 11.1 Å². The maximum Gasteiger partial charge on any atom is 0.254 e. The van der Waals surface area contributed by atoms with Crippen LogP contribution in [0.5, 0.6) is 0 Å². The molecule has 7 nitrogen and oxygen atoms in total. The lowest BCUT2D eigenvalue weighted by molar-refractivity contribution is -0.114. The van der Waals surface area contributed by atoms with Gasteiger partial charge in [-0.2, -0.15) is 0 Å². The van der Waals surface area contributed by atoms with Gasteiger partial charge in [0.15, 0.2) is 0 Å². The largest absolute Gasteiger partial charge is 0.467 e. The summed E-state index contributed by atoms with van der Waals surface area (Å²) in [5.74, 6) is 0.317. The molecule has 0 saturated heterocycles. The van der Waals surface area contributed by atoms with Gasteiger partial charge in [-0.3, -0.25) is 9.59 Å². The van der Waals surface area contributed by atoms with Crippen LogP contribution in [0, 0.1) is 0 Å². The van der Waals surface area contributed by atoms with Gasteiger partial charge in [-0.15, -0.1) is 0 Å². The number of alkyl halides is 1. The number of carbonyl (C=O) groups is 2. The number of hydrogen-bond acceptors (Lipinski definition) is 5. The van der Waals surface area contributed by atoms with E-state index in [2.05, 4.69) is 10.3 Å². The lowest BCUT2D eigenvalue weighted by atomic mass is 9.98. The molecule has 1 aliphatic carbocycles. The number of anilines is 1. The topological polar surface area (TPSA) is 97.5 Å². The van der Waals surface area contributed by atoms with Gasteiger partial charge in [0.2, 0.25) is 12.8 Å². The average molecular weight is 348 g/mol. The van der Waals surface area contributed by atoms with Crippen LogP contribution in [0.4, 0.5) is 10.2 Å². The molecule has 0 aliphatic heterocycles. The van der Waals surface area contributed by atoms with Crippen molar-refractivity contribution in [3.05, 3.63) is 47.4 Å². The number of allylic oxidation sites excluding steroid dienone is 2. The zero-order chi connectivity index (χ0) is 18.4. The van der Waals surface area contributed by atoms with Gasteiger partial charge < -0.3 is 20.7 Å². The number of nitrogens with zero attached hydrogens (tertiary/aromatic N) is 2. The summed E-state index contributed by atoms with van der Waals surface area (Å²) in [4.78, 5) is 29.2. The summed E-state index contributed by atoms with van der Waals surface area (Å²) in [5, 5.41) is 2.54. The Morgan fingerprint density at radius 3 is 2.88 bits per heavy atom. The predicted molar refractivity (Wildman–Crippen MR) is 91.3 cm³/mol. The molecule has 1 heterocycles. The lowest BCUT2D eigenvalue weighted by Gasteiger charge is -2.25. The zero-order valence-electron chi connectivity index (χ0n) is 14.2. The Hall–Kier alpha value is -2.74. The van der Waals surface area contributed by atoms with E-state index >= 15 is 0 Å². The Labute approximate surface area is 145 Å². The second kappa shape index (κ2) is 8.39. The van der Waals surface area contributed by atoms with Crippen molar-refractivity contribution in [2.75, 3.05) is 25.8 Å². The van der Waals surface area contributed by atoms with Crippen LogP contribution in [0.25, 0.3) is 0 Å². The predicted octanol–water partition coefficient (Wildman–Crippen LogP) is 1.60. The van der Waals surface area contributed by atoms with Crippen LogP contribution in [0.1, 0.15) is 23.7 Å². The first-order chi connectivity index (χ1) is 11.9. The van der Waals surface area contributed by atoms with Crippen LogP contribution in [0.2, 0.25) is 0 Å². The number of likely N-dealkylation sites (N-methyl/N-ethyl adjacent to an activating group) is 1. The first-order valence-corrected chi connectivity index (χ1v) is 7.73. The van der Waals surface area contributed by atoms with Crippen LogP contribution in [0.3, 0.4) is 0 Å². The number of nitrogens with one attached hydrogen (secondary N) is 1. The minimum atomic E-state index is -0.890. The minimum Gasteiger partial charge on any atom is -0.467 e. The molecule has 3 N–H and O–H groups in total. The third kappa shape index (κ3) is 5.12. The third-order valence-corrected chi connectivity index (χ3v) is 3.70. The van der Waals surface area contributed by atoms with E-state index in [0.717, 1.165) is 5.57 Å². The highest BCUT2D eigenvalue weighted by atomic mass is 19.1. The van der Waals surface area contributed by atoms with Crippen molar-refractivity contribution in [1.82, 2.24) is 9.88 Å². The molecule has 25 heavy (non-hydrogen) atoms. The zero-order valence-corrected chi connectivity index (χ0v) is 14.2. The highest BCUT2D eigenvalue weighted by Crippen LogP contribution is 2.20. The first-order valence-electron chi connectivity index (χ1n) is 7.73. The number of amides is 2. The van der Waals surface area contributed by atoms with E-state index in [4.69, 9.17) is 10.5 Å². The van der Waals surface area contributed by atoms with Gasteiger partial charge >= 0.3 is 0 Å². The Kier molecular flexibility index (Phi) is 6.24. The van der Waals surface area contributed by atoms with Crippen LogP contribution >= 0.6 is 0 Å². The van der Waals surface area contributed by atoms with Crippen molar-refractivity contribution < 1.29 is 18.7 Å². The highest BCUT2D eigenvalue weighted by Gasteiger charge is 2.20. The minimum absolute atomic E-state index is 0.225. The van der Waals surface area contributed by atoms with Gasteiger partial charge in [0, 0.05) is 44.7 Å². The van der Waals surface area contributed by atoms with Gasteiger partial charge in [0.05, 0.1) is 0 Å². The molecule has 2 rings (SSSR count). The molecule has 134 valence electrons. The quantitative estimate of drug-likeness (QED) is 0.814. The second-order valence-electron chi connectivity index (χ2n) is 5.71. The van der Waals surface area contributed by atoms with Crippen LogP contribution in [-0.4, -0.2) is 48.2 Å². The molecule has 0 saturated carbocycles. The molecular formula is C17H21FN4O3. The van der Waals surface area contributed by atoms with E-state index in [1.54, 1.807) is 25.3 Å². The average Bonchev–Trinajstić information content (AvgIpc) is 2.56. The van der Waals surface area contributed by atoms with E-state index in [-0.39, 0.29) is 17.9 Å². The Bertz CT molecular complexity index is 718. The summed E-state index contributed by atoms with van der Waals surface area (Å²) in [6.45, 7) is 0.809. The second-order valence-corrected chi connectivity index (χ2v) is 5.71. The maximum atomic E-state index is 12.6. The summed E-state index contributed by atoms with van der Waals surface area (Å²) >= 11 is 0. The monoisotopic (exact) mass is 348 g/mol. The fraction of sp³-hybridized carbons (Fsp3) is 0.353. The lowest BCUT2D eigenvalue weighted by Crippen LogP contribution is -2.36. The molecule has 1 aromatic rings. The molecule has 1 atom stereocenters. The Morgan fingerprint density at radius 2 is 2.24 bits per heavy atom. The molecule has 1 aliphatic rings. The first kappa shape index (κ1) is 18.6. The standard InChI is InChI=1S/C17H21FN4O3/c1-11(23)21-16-7-12(5-6-20-16)17(24)22(2)9-13-3-4-14(25-10-18)8-15(13)19/h3-7,15H,8-10,19H2,1-2H3,(H,20,21,23). The van der Waals surface area contributed by atoms with Crippen molar-refractivity contribution in [2.45, 2.75) is 19.4 Å². The number of rotatable bonds is 6. The van der Waals surface area contributed by atoms with E-state index in [9.17, 15) is 14.0 Å². The number of nitrogens with two attached hydrogens (primary N) is 1. The van der Waals surface area contributed by atoms with E-state index in [1.807, 2.05) is 0 Å². The Morgan fingerprint density at radius 1 is 1.48 bits per heavy atom. The third-order valence-electron chi connectivity index (χ3n) is 3.70. The summed E-state index contributed by atoms with van der Waals surface area (Å²) in [5.41, 5.74) is 7.31. The van der Waals surface area contributed by atoms with Crippen molar-refractivity contribution in [3.63, 3.8) is 0 Å². The van der Waals surface area contributed by atoms with Gasteiger partial charge in [-0.1, -0.05) is 6.08 Å². The molecular weight excluding hydrogens is 327 g/mol. The van der Waals surface area contributed by atoms with E-state index < -0.39 is 6.86 Å². The van der Waals surface area contributed by atoms with Crippen LogP contribution in [-0.2, 0) is 9.53 Å². The molecule has 0 fully saturated rings. The van der Waals surface area contributed by atoms with E-state index in [0.29, 0.717) is 30.1 Å². The molecule has 0 radical (unpaired) electrons. The maximum absolute atomic E-state index is 12.6. The summed E-state index contributed by atoms with van der Waals surface area (Å²) in [7, 11) is 1.66. The molecule has 1 aromatic heterocycles. The Balaban J connectivity index is 2.06. The van der Waals surface area contributed by atoms with Crippen molar-refractivity contribution in [3.8, 4) is 0 Å². The van der Waals surface area contributed by atoms with Gasteiger partial charge in [-0.05, 0) is 23.8 Å². The number of hydrogen-bond donors (Lipinski definition) is 2. The van der Waals surface area contributed by atoms with Gasteiger partial charge in [0.25, 0.3) is 5.91 Å². The fourth-order valence-electron chi connectivity index (χ4n) is 2.46. The molecule has 0 aromatic carbocycles. The van der Waals surface area contributed by atoms with Crippen molar-refractivity contribution >= 4 is 17.6 Å². The molecule has 8 heteroatoms. The highest BCUT2D eigenvalue weighted by molar-refractivity contribution is 5.96. The van der Waals surface area contributed by atoms with Crippen molar-refractivity contribution in [1.29, 1.82) is 0 Å². The molecule has 0 bridgehead atoms. The SMILES string of the molecule is CC(=O)Nc1cc(C(=O)N(C)CC2=CC=C(OCF)CC2N)ccn1. The number of aromatic nitrogens is 1. The number of pyridine rings is 1. The number of carbonyl (C=O) groups excluding carboxylic acids is 2. The number of ether oxygens (including phenoxy) is 1.